The maximum absolute atomic E-state index is 10.4. The molecule has 3 aromatic carbocycles. The van der Waals surface area contributed by atoms with Crippen molar-refractivity contribution in [1.29, 1.82) is 0 Å². The van der Waals surface area contributed by atoms with Gasteiger partial charge in [-0.15, -0.1) is 0 Å². The molecule has 1 aliphatic rings. The minimum absolute atomic E-state index is 0.0971. The molecule has 0 aliphatic carbocycles. The zero-order valence-corrected chi connectivity index (χ0v) is 20.6. The molecule has 4 rings (SSSR count). The molecule has 184 valence electrons. The SMILES string of the molecule is CN1C=CN(CCCNc2ccc(Nc3cc(Nc4ccc(N(C)C)cc4)c(N)cc3O)cc2)C1. The third-order valence-corrected chi connectivity index (χ3v) is 5.88. The molecule has 0 amide bonds. The second kappa shape index (κ2) is 10.8. The Balaban J connectivity index is 1.33. The number of nitrogens with two attached hydrogens (primary N) is 1. The molecule has 1 heterocycles. The van der Waals surface area contributed by atoms with Crippen LogP contribution in [-0.2, 0) is 0 Å². The van der Waals surface area contributed by atoms with E-state index in [2.05, 4.69) is 45.2 Å². The fraction of sp³-hybridized carbons (Fsp3) is 0.259. The van der Waals surface area contributed by atoms with Gasteiger partial charge in [0.05, 0.1) is 23.7 Å². The summed E-state index contributed by atoms with van der Waals surface area (Å²) in [6, 6.07) is 19.5. The summed E-state index contributed by atoms with van der Waals surface area (Å²) in [7, 11) is 6.09. The standard InChI is InChI=1S/C27H35N7O/c1-32(2)23-11-9-22(10-12-23)30-25-18-26(27(35)17-24(25)28)31-21-7-5-20(6-8-21)29-13-4-14-34-16-15-33(3)19-34/h5-12,15-18,29-31,35H,4,13-14,19,28H2,1-3H3. The summed E-state index contributed by atoms with van der Waals surface area (Å²) in [5.41, 5.74) is 11.9. The first kappa shape index (κ1) is 23.9. The average molecular weight is 474 g/mol. The van der Waals surface area contributed by atoms with Crippen LogP contribution < -0.4 is 26.6 Å². The third-order valence-electron chi connectivity index (χ3n) is 5.88. The van der Waals surface area contributed by atoms with Crippen molar-refractivity contribution in [3.63, 3.8) is 0 Å². The molecule has 0 bridgehead atoms. The molecule has 0 atom stereocenters. The smallest absolute Gasteiger partial charge is 0.141 e. The van der Waals surface area contributed by atoms with Crippen molar-refractivity contribution in [2.75, 3.05) is 67.5 Å². The summed E-state index contributed by atoms with van der Waals surface area (Å²) < 4.78 is 0. The minimum Gasteiger partial charge on any atom is -0.506 e. The van der Waals surface area contributed by atoms with Crippen LogP contribution in [0.15, 0.2) is 73.1 Å². The number of phenolic OH excluding ortho intramolecular Hbond substituents is 1. The van der Waals surface area contributed by atoms with Gasteiger partial charge >= 0.3 is 0 Å². The average Bonchev–Trinajstić information content (AvgIpc) is 3.26. The van der Waals surface area contributed by atoms with Gasteiger partial charge in [0, 0.05) is 75.4 Å². The Morgan fingerprint density at radius 3 is 2.14 bits per heavy atom. The van der Waals surface area contributed by atoms with Crippen molar-refractivity contribution < 1.29 is 5.11 Å². The van der Waals surface area contributed by atoms with E-state index in [0.29, 0.717) is 11.4 Å². The topological polar surface area (TPSA) is 92.1 Å². The zero-order valence-electron chi connectivity index (χ0n) is 20.6. The number of anilines is 7. The molecular formula is C27H35N7O. The lowest BCUT2D eigenvalue weighted by Crippen LogP contribution is -2.24. The number of aromatic hydroxyl groups is 1. The quantitative estimate of drug-likeness (QED) is 0.122. The molecular weight excluding hydrogens is 438 g/mol. The molecule has 0 radical (unpaired) electrons. The van der Waals surface area contributed by atoms with Gasteiger partial charge in [0.1, 0.15) is 5.75 Å². The van der Waals surface area contributed by atoms with Crippen LogP contribution in [0.1, 0.15) is 6.42 Å². The van der Waals surface area contributed by atoms with E-state index in [1.165, 1.54) is 0 Å². The van der Waals surface area contributed by atoms with Crippen LogP contribution >= 0.6 is 0 Å². The van der Waals surface area contributed by atoms with Crippen LogP contribution in [-0.4, -0.2) is 55.8 Å². The highest BCUT2D eigenvalue weighted by atomic mass is 16.3. The summed E-state index contributed by atoms with van der Waals surface area (Å²) in [5, 5.41) is 20.5. The van der Waals surface area contributed by atoms with Gasteiger partial charge in [-0.1, -0.05) is 0 Å². The Morgan fingerprint density at radius 1 is 0.886 bits per heavy atom. The Kier molecular flexibility index (Phi) is 7.40. The Morgan fingerprint density at radius 2 is 1.51 bits per heavy atom. The number of hydrogen-bond acceptors (Lipinski definition) is 8. The second-order valence-electron chi connectivity index (χ2n) is 9.01. The van der Waals surface area contributed by atoms with Crippen LogP contribution in [0.25, 0.3) is 0 Å². The van der Waals surface area contributed by atoms with Gasteiger partial charge in [-0.3, -0.25) is 0 Å². The molecule has 8 nitrogen and oxygen atoms in total. The van der Waals surface area contributed by atoms with Crippen LogP contribution in [0.5, 0.6) is 5.75 Å². The lowest BCUT2D eigenvalue weighted by Gasteiger charge is -2.18. The molecule has 0 unspecified atom stereocenters. The first-order chi connectivity index (χ1) is 16.9. The molecule has 0 saturated heterocycles. The van der Waals surface area contributed by atoms with Crippen LogP contribution in [0, 0.1) is 0 Å². The highest BCUT2D eigenvalue weighted by Crippen LogP contribution is 2.36. The van der Waals surface area contributed by atoms with Gasteiger partial charge in [-0.2, -0.15) is 0 Å². The first-order valence-electron chi connectivity index (χ1n) is 11.8. The van der Waals surface area contributed by atoms with Crippen molar-refractivity contribution in [3.8, 4) is 5.75 Å². The Bertz CT molecular complexity index is 1140. The summed E-state index contributed by atoms with van der Waals surface area (Å²) in [6.07, 6.45) is 5.29. The molecule has 8 heteroatoms. The molecule has 0 fully saturated rings. The molecule has 0 saturated carbocycles. The molecule has 0 spiro atoms. The van der Waals surface area contributed by atoms with Gasteiger partial charge in [-0.05, 0) is 61.0 Å². The highest BCUT2D eigenvalue weighted by molar-refractivity contribution is 5.82. The van der Waals surface area contributed by atoms with Crippen LogP contribution in [0.3, 0.4) is 0 Å². The number of hydrogen-bond donors (Lipinski definition) is 5. The Labute approximate surface area is 207 Å². The van der Waals surface area contributed by atoms with Gasteiger partial charge in [0.15, 0.2) is 0 Å². The number of nitrogen functional groups attached to an aromatic ring is 1. The first-order valence-corrected chi connectivity index (χ1v) is 11.8. The number of benzene rings is 3. The lowest BCUT2D eigenvalue weighted by molar-refractivity contribution is 0.296. The molecule has 3 aromatic rings. The van der Waals surface area contributed by atoms with E-state index in [9.17, 15) is 5.11 Å². The maximum atomic E-state index is 10.4. The molecule has 35 heavy (non-hydrogen) atoms. The number of nitrogens with one attached hydrogen (secondary N) is 3. The van der Waals surface area contributed by atoms with E-state index in [1.54, 1.807) is 6.07 Å². The van der Waals surface area contributed by atoms with E-state index in [4.69, 9.17) is 5.73 Å². The van der Waals surface area contributed by atoms with Gasteiger partial charge in [-0.25, -0.2) is 0 Å². The van der Waals surface area contributed by atoms with E-state index < -0.39 is 0 Å². The number of rotatable bonds is 10. The predicted molar refractivity (Wildman–Crippen MR) is 148 cm³/mol. The lowest BCUT2D eigenvalue weighted by atomic mass is 10.2. The van der Waals surface area contributed by atoms with E-state index in [1.807, 2.05) is 73.6 Å². The zero-order chi connectivity index (χ0) is 24.8. The maximum Gasteiger partial charge on any atom is 0.141 e. The normalized spacial score (nSPS) is 12.7. The fourth-order valence-corrected chi connectivity index (χ4v) is 3.89. The van der Waals surface area contributed by atoms with E-state index in [-0.39, 0.29) is 5.75 Å². The van der Waals surface area contributed by atoms with Crippen molar-refractivity contribution in [2.45, 2.75) is 6.42 Å². The fourth-order valence-electron chi connectivity index (χ4n) is 3.89. The molecule has 0 aromatic heterocycles. The number of phenols is 1. The van der Waals surface area contributed by atoms with Crippen molar-refractivity contribution >= 4 is 39.8 Å². The van der Waals surface area contributed by atoms with Crippen LogP contribution in [0.2, 0.25) is 0 Å². The predicted octanol–water partition coefficient (Wildman–Crippen LogP) is 5.01. The molecule has 6 N–H and O–H groups in total. The van der Waals surface area contributed by atoms with Gasteiger partial charge in [0.25, 0.3) is 0 Å². The summed E-state index contributed by atoms with van der Waals surface area (Å²) in [6.45, 7) is 2.89. The second-order valence-corrected chi connectivity index (χ2v) is 9.01. The highest BCUT2D eigenvalue weighted by Gasteiger charge is 2.10. The molecule has 1 aliphatic heterocycles. The minimum atomic E-state index is 0.0971. The van der Waals surface area contributed by atoms with Crippen LogP contribution in [0.4, 0.5) is 39.8 Å². The third kappa shape index (κ3) is 6.44. The van der Waals surface area contributed by atoms with Gasteiger partial charge in [0.2, 0.25) is 0 Å². The Hall–Kier alpha value is -4.20. The van der Waals surface area contributed by atoms with Crippen molar-refractivity contribution in [3.05, 3.63) is 73.1 Å². The largest absolute Gasteiger partial charge is 0.506 e. The number of nitrogens with zero attached hydrogens (tertiary/aromatic N) is 3. The van der Waals surface area contributed by atoms with E-state index in [0.717, 1.165) is 54.6 Å². The van der Waals surface area contributed by atoms with E-state index >= 15 is 0 Å². The van der Waals surface area contributed by atoms with Gasteiger partial charge < -0.3 is 41.5 Å². The van der Waals surface area contributed by atoms with Crippen molar-refractivity contribution in [1.82, 2.24) is 9.80 Å². The summed E-state index contributed by atoms with van der Waals surface area (Å²) in [5.74, 6) is 0.0971. The summed E-state index contributed by atoms with van der Waals surface area (Å²) >= 11 is 0. The summed E-state index contributed by atoms with van der Waals surface area (Å²) in [4.78, 5) is 6.52. The monoisotopic (exact) mass is 473 g/mol. The van der Waals surface area contributed by atoms with Crippen molar-refractivity contribution in [2.24, 2.45) is 0 Å².